The van der Waals surface area contributed by atoms with Crippen LogP contribution in [0.2, 0.25) is 0 Å². The van der Waals surface area contributed by atoms with Crippen LogP contribution in [0.4, 0.5) is 5.69 Å². The van der Waals surface area contributed by atoms with Gasteiger partial charge in [-0.2, -0.15) is 0 Å². The van der Waals surface area contributed by atoms with Gasteiger partial charge in [-0.1, -0.05) is 46.8 Å². The van der Waals surface area contributed by atoms with Crippen LogP contribution >= 0.6 is 0 Å². The van der Waals surface area contributed by atoms with Gasteiger partial charge in [-0.05, 0) is 41.4 Å². The summed E-state index contributed by atoms with van der Waals surface area (Å²) >= 11 is 0. The molecular formula is C17H27N. The number of anilines is 1. The Morgan fingerprint density at radius 3 is 1.89 bits per heavy atom. The van der Waals surface area contributed by atoms with E-state index in [0.29, 0.717) is 0 Å². The molecule has 0 bridgehead atoms. The summed E-state index contributed by atoms with van der Waals surface area (Å²) in [6, 6.07) is 9.18. The van der Waals surface area contributed by atoms with E-state index in [1.54, 1.807) is 0 Å². The van der Waals surface area contributed by atoms with E-state index in [-0.39, 0.29) is 5.41 Å². The van der Waals surface area contributed by atoms with Crippen LogP contribution in [0.1, 0.15) is 46.6 Å². The Morgan fingerprint density at radius 1 is 0.944 bits per heavy atom. The normalized spacial score (nSPS) is 25.3. The minimum Gasteiger partial charge on any atom is -0.371 e. The zero-order valence-corrected chi connectivity index (χ0v) is 12.5. The smallest absolute Gasteiger partial charge is 0.0366 e. The van der Waals surface area contributed by atoms with Crippen molar-refractivity contribution in [3.63, 3.8) is 0 Å². The third kappa shape index (κ3) is 3.07. The number of nitrogens with zero attached hydrogens (tertiary/aromatic N) is 1. The Morgan fingerprint density at radius 2 is 1.44 bits per heavy atom. The fourth-order valence-corrected chi connectivity index (χ4v) is 3.05. The predicted molar refractivity (Wildman–Crippen MR) is 80.3 cm³/mol. The van der Waals surface area contributed by atoms with Crippen LogP contribution in [0.25, 0.3) is 0 Å². The summed E-state index contributed by atoms with van der Waals surface area (Å²) in [4.78, 5) is 2.55. The van der Waals surface area contributed by atoms with Gasteiger partial charge < -0.3 is 4.90 Å². The number of piperidine rings is 1. The van der Waals surface area contributed by atoms with E-state index in [1.165, 1.54) is 30.8 Å². The number of hydrogen-bond acceptors (Lipinski definition) is 1. The molecule has 1 heteroatoms. The highest BCUT2D eigenvalue weighted by Gasteiger charge is 2.22. The minimum atomic E-state index is 0.251. The average Bonchev–Trinajstić information content (AvgIpc) is 2.27. The van der Waals surface area contributed by atoms with Crippen LogP contribution in [0.5, 0.6) is 0 Å². The quantitative estimate of drug-likeness (QED) is 0.706. The Labute approximate surface area is 112 Å². The molecule has 1 aromatic carbocycles. The summed E-state index contributed by atoms with van der Waals surface area (Å²) in [5.74, 6) is 1.63. The lowest BCUT2D eigenvalue weighted by molar-refractivity contribution is 0.357. The maximum absolute atomic E-state index is 2.55. The first-order valence-electron chi connectivity index (χ1n) is 7.22. The molecule has 0 aliphatic carbocycles. The molecule has 100 valence electrons. The van der Waals surface area contributed by atoms with Crippen LogP contribution in [0, 0.1) is 11.8 Å². The first kappa shape index (κ1) is 13.5. The van der Waals surface area contributed by atoms with Gasteiger partial charge in [-0.15, -0.1) is 0 Å². The van der Waals surface area contributed by atoms with E-state index in [4.69, 9.17) is 0 Å². The maximum Gasteiger partial charge on any atom is 0.0366 e. The van der Waals surface area contributed by atoms with Crippen LogP contribution in [-0.2, 0) is 5.41 Å². The third-order valence-electron chi connectivity index (χ3n) is 3.97. The van der Waals surface area contributed by atoms with E-state index >= 15 is 0 Å². The first-order chi connectivity index (χ1) is 8.36. The summed E-state index contributed by atoms with van der Waals surface area (Å²) in [7, 11) is 0. The Balaban J connectivity index is 2.14. The molecule has 0 spiro atoms. The fraction of sp³-hybridized carbons (Fsp3) is 0.647. The molecule has 1 aliphatic heterocycles. The lowest BCUT2D eigenvalue weighted by Gasteiger charge is -2.37. The highest BCUT2D eigenvalue weighted by Crippen LogP contribution is 2.29. The largest absolute Gasteiger partial charge is 0.371 e. The molecule has 0 amide bonds. The highest BCUT2D eigenvalue weighted by atomic mass is 15.1. The highest BCUT2D eigenvalue weighted by molar-refractivity contribution is 5.49. The predicted octanol–water partition coefficient (Wildman–Crippen LogP) is 4.47. The van der Waals surface area contributed by atoms with Gasteiger partial charge in [0.2, 0.25) is 0 Å². The van der Waals surface area contributed by atoms with E-state index in [0.717, 1.165) is 11.8 Å². The van der Waals surface area contributed by atoms with E-state index in [9.17, 15) is 0 Å². The van der Waals surface area contributed by atoms with Crippen molar-refractivity contribution in [2.75, 3.05) is 18.0 Å². The number of benzene rings is 1. The van der Waals surface area contributed by atoms with Crippen molar-refractivity contribution in [2.45, 2.75) is 46.5 Å². The van der Waals surface area contributed by atoms with Crippen molar-refractivity contribution in [3.05, 3.63) is 29.8 Å². The van der Waals surface area contributed by atoms with Gasteiger partial charge in [0, 0.05) is 18.8 Å². The summed E-state index contributed by atoms with van der Waals surface area (Å²) in [6.07, 6.45) is 1.37. The average molecular weight is 245 g/mol. The SMILES string of the molecule is C[C@@H]1C[C@H](C)CN(c2ccc(C(C)(C)C)cc2)C1. The van der Waals surface area contributed by atoms with Gasteiger partial charge in [-0.3, -0.25) is 0 Å². The van der Waals surface area contributed by atoms with Gasteiger partial charge in [0.1, 0.15) is 0 Å². The lowest BCUT2D eigenvalue weighted by Crippen LogP contribution is -2.38. The first-order valence-corrected chi connectivity index (χ1v) is 7.22. The van der Waals surface area contributed by atoms with Crippen LogP contribution in [0.3, 0.4) is 0 Å². The fourth-order valence-electron chi connectivity index (χ4n) is 3.05. The number of rotatable bonds is 1. The monoisotopic (exact) mass is 245 g/mol. The minimum absolute atomic E-state index is 0.251. The van der Waals surface area contributed by atoms with Crippen LogP contribution in [0.15, 0.2) is 24.3 Å². The second-order valence-electron chi connectivity index (χ2n) is 7.15. The molecule has 0 N–H and O–H groups in total. The standard InChI is InChI=1S/C17H27N/c1-13-10-14(2)12-18(11-13)16-8-6-15(7-9-16)17(3,4)5/h6-9,13-14H,10-12H2,1-5H3/t13-,14+. The third-order valence-corrected chi connectivity index (χ3v) is 3.97. The van der Waals surface area contributed by atoms with Crippen molar-refractivity contribution in [2.24, 2.45) is 11.8 Å². The van der Waals surface area contributed by atoms with Crippen molar-refractivity contribution in [1.82, 2.24) is 0 Å². The molecule has 1 aliphatic rings. The summed E-state index contributed by atoms with van der Waals surface area (Å²) in [5.41, 5.74) is 3.06. The summed E-state index contributed by atoms with van der Waals surface area (Å²) in [6.45, 7) is 14.0. The van der Waals surface area contributed by atoms with Gasteiger partial charge in [0.25, 0.3) is 0 Å². The molecule has 1 aromatic rings. The molecule has 0 unspecified atom stereocenters. The Bertz CT molecular complexity index is 375. The van der Waals surface area contributed by atoms with E-state index in [2.05, 4.69) is 63.8 Å². The van der Waals surface area contributed by atoms with Crippen molar-refractivity contribution in [1.29, 1.82) is 0 Å². The topological polar surface area (TPSA) is 3.24 Å². The second kappa shape index (κ2) is 4.95. The summed E-state index contributed by atoms with van der Waals surface area (Å²) < 4.78 is 0. The molecular weight excluding hydrogens is 218 g/mol. The van der Waals surface area contributed by atoms with Crippen LogP contribution in [-0.4, -0.2) is 13.1 Å². The van der Waals surface area contributed by atoms with Crippen LogP contribution < -0.4 is 4.90 Å². The van der Waals surface area contributed by atoms with Crippen molar-refractivity contribution in [3.8, 4) is 0 Å². The Hall–Kier alpha value is -0.980. The van der Waals surface area contributed by atoms with E-state index < -0.39 is 0 Å². The van der Waals surface area contributed by atoms with Crippen molar-refractivity contribution < 1.29 is 0 Å². The molecule has 1 heterocycles. The zero-order chi connectivity index (χ0) is 13.3. The molecule has 1 saturated heterocycles. The van der Waals surface area contributed by atoms with Gasteiger partial charge >= 0.3 is 0 Å². The van der Waals surface area contributed by atoms with Gasteiger partial charge in [0.15, 0.2) is 0 Å². The molecule has 1 nitrogen and oxygen atoms in total. The van der Waals surface area contributed by atoms with Gasteiger partial charge in [-0.25, -0.2) is 0 Å². The Kier molecular flexibility index (Phi) is 3.70. The van der Waals surface area contributed by atoms with Gasteiger partial charge in [0.05, 0.1) is 0 Å². The molecule has 18 heavy (non-hydrogen) atoms. The maximum atomic E-state index is 2.55. The molecule has 2 atom stereocenters. The van der Waals surface area contributed by atoms with Crippen molar-refractivity contribution >= 4 is 5.69 Å². The molecule has 0 aromatic heterocycles. The van der Waals surface area contributed by atoms with E-state index in [1.807, 2.05) is 0 Å². The molecule has 1 fully saturated rings. The second-order valence-corrected chi connectivity index (χ2v) is 7.15. The molecule has 0 radical (unpaired) electrons. The zero-order valence-electron chi connectivity index (χ0n) is 12.5. The molecule has 0 saturated carbocycles. The molecule has 2 rings (SSSR count). The summed E-state index contributed by atoms with van der Waals surface area (Å²) in [5, 5.41) is 0. The lowest BCUT2D eigenvalue weighted by atomic mass is 9.86. The number of hydrogen-bond donors (Lipinski definition) is 0.